The molecule has 1 saturated carbocycles. The average Bonchev–Trinajstić information content (AvgIpc) is 2.42. The molecule has 1 aliphatic carbocycles. The molecular formula is C19H28O. The van der Waals surface area contributed by atoms with Gasteiger partial charge in [0, 0.05) is 12.3 Å². The van der Waals surface area contributed by atoms with Gasteiger partial charge in [0.05, 0.1) is 0 Å². The SMILES string of the molecule is CCC1CCC(C(=O)Cc2c(C)cc(C)cc2C)CC1. The van der Waals surface area contributed by atoms with Crippen molar-refractivity contribution in [2.45, 2.75) is 66.2 Å². The van der Waals surface area contributed by atoms with Gasteiger partial charge in [-0.05, 0) is 69.1 Å². The summed E-state index contributed by atoms with van der Waals surface area (Å²) in [5.41, 5.74) is 5.11. The van der Waals surface area contributed by atoms with Crippen LogP contribution in [0.3, 0.4) is 0 Å². The number of carbonyl (C=O) groups excluding carboxylic acids is 1. The van der Waals surface area contributed by atoms with E-state index in [-0.39, 0.29) is 0 Å². The van der Waals surface area contributed by atoms with Gasteiger partial charge in [-0.2, -0.15) is 0 Å². The summed E-state index contributed by atoms with van der Waals surface area (Å²) in [4.78, 5) is 12.6. The normalized spacial score (nSPS) is 22.8. The summed E-state index contributed by atoms with van der Waals surface area (Å²) in [6.45, 7) is 8.66. The van der Waals surface area contributed by atoms with Gasteiger partial charge >= 0.3 is 0 Å². The number of hydrogen-bond acceptors (Lipinski definition) is 1. The van der Waals surface area contributed by atoms with E-state index in [9.17, 15) is 4.79 Å². The topological polar surface area (TPSA) is 17.1 Å². The molecule has 110 valence electrons. The second kappa shape index (κ2) is 6.56. The van der Waals surface area contributed by atoms with Crippen molar-refractivity contribution in [1.82, 2.24) is 0 Å². The highest BCUT2D eigenvalue weighted by molar-refractivity contribution is 5.84. The fourth-order valence-electron chi connectivity index (χ4n) is 3.70. The van der Waals surface area contributed by atoms with Crippen LogP contribution in [0.4, 0.5) is 0 Å². The number of benzene rings is 1. The molecule has 0 unspecified atom stereocenters. The minimum atomic E-state index is 0.318. The van der Waals surface area contributed by atoms with Crippen LogP contribution in [0.5, 0.6) is 0 Å². The van der Waals surface area contributed by atoms with E-state index < -0.39 is 0 Å². The molecule has 2 rings (SSSR count). The third kappa shape index (κ3) is 3.50. The number of Topliss-reactive ketones (excluding diaryl/α,β-unsaturated/α-hetero) is 1. The summed E-state index contributed by atoms with van der Waals surface area (Å²) < 4.78 is 0. The van der Waals surface area contributed by atoms with Crippen molar-refractivity contribution in [2.75, 3.05) is 0 Å². The van der Waals surface area contributed by atoms with E-state index >= 15 is 0 Å². The molecule has 0 atom stereocenters. The lowest BCUT2D eigenvalue weighted by atomic mass is 9.77. The van der Waals surface area contributed by atoms with Crippen molar-refractivity contribution in [3.8, 4) is 0 Å². The molecule has 1 fully saturated rings. The lowest BCUT2D eigenvalue weighted by Crippen LogP contribution is -2.23. The molecule has 20 heavy (non-hydrogen) atoms. The summed E-state index contributed by atoms with van der Waals surface area (Å²) >= 11 is 0. The summed E-state index contributed by atoms with van der Waals surface area (Å²) in [6, 6.07) is 4.40. The molecule has 0 radical (unpaired) electrons. The Morgan fingerprint density at radius 3 is 2.10 bits per heavy atom. The Morgan fingerprint density at radius 2 is 1.60 bits per heavy atom. The van der Waals surface area contributed by atoms with Gasteiger partial charge in [0.15, 0.2) is 0 Å². The third-order valence-electron chi connectivity index (χ3n) is 5.07. The highest BCUT2D eigenvalue weighted by Gasteiger charge is 2.25. The van der Waals surface area contributed by atoms with Crippen LogP contribution in [0.2, 0.25) is 0 Å². The van der Waals surface area contributed by atoms with E-state index in [0.29, 0.717) is 18.1 Å². The minimum Gasteiger partial charge on any atom is -0.299 e. The number of carbonyl (C=O) groups is 1. The summed E-state index contributed by atoms with van der Waals surface area (Å²) in [7, 11) is 0. The first-order valence-corrected chi connectivity index (χ1v) is 8.10. The van der Waals surface area contributed by atoms with Crippen molar-refractivity contribution in [2.24, 2.45) is 11.8 Å². The van der Waals surface area contributed by atoms with Crippen molar-refractivity contribution < 1.29 is 4.79 Å². The zero-order valence-corrected chi connectivity index (χ0v) is 13.5. The largest absolute Gasteiger partial charge is 0.299 e. The van der Waals surface area contributed by atoms with Crippen LogP contribution in [-0.2, 0) is 11.2 Å². The Hall–Kier alpha value is -1.11. The predicted octanol–water partition coefficient (Wildman–Crippen LogP) is 4.94. The zero-order chi connectivity index (χ0) is 14.7. The molecule has 0 heterocycles. The summed E-state index contributed by atoms with van der Waals surface area (Å²) in [5, 5.41) is 0. The third-order valence-corrected chi connectivity index (χ3v) is 5.07. The standard InChI is InChI=1S/C19H28O/c1-5-16-6-8-17(9-7-16)19(20)12-18-14(3)10-13(2)11-15(18)4/h10-11,16-17H,5-9,12H2,1-4H3. The van der Waals surface area contributed by atoms with Crippen molar-refractivity contribution in [1.29, 1.82) is 0 Å². The van der Waals surface area contributed by atoms with Crippen molar-refractivity contribution in [3.05, 3.63) is 34.4 Å². The molecule has 0 aromatic heterocycles. The van der Waals surface area contributed by atoms with E-state index in [2.05, 4.69) is 39.8 Å². The summed E-state index contributed by atoms with van der Waals surface area (Å²) in [5.74, 6) is 1.65. The molecule has 0 N–H and O–H groups in total. The van der Waals surface area contributed by atoms with Gasteiger partial charge in [-0.25, -0.2) is 0 Å². The van der Waals surface area contributed by atoms with E-state index in [0.717, 1.165) is 18.8 Å². The Labute approximate surface area is 123 Å². The Bertz CT molecular complexity index is 456. The number of rotatable bonds is 4. The van der Waals surface area contributed by atoms with Gasteiger partial charge in [-0.3, -0.25) is 4.79 Å². The van der Waals surface area contributed by atoms with E-state index in [1.165, 1.54) is 41.5 Å². The monoisotopic (exact) mass is 272 g/mol. The predicted molar refractivity (Wildman–Crippen MR) is 85.1 cm³/mol. The second-order valence-electron chi connectivity index (χ2n) is 6.65. The van der Waals surface area contributed by atoms with Crippen molar-refractivity contribution in [3.63, 3.8) is 0 Å². The molecular weight excluding hydrogens is 244 g/mol. The molecule has 0 aliphatic heterocycles. The Balaban J connectivity index is 2.02. The van der Waals surface area contributed by atoms with E-state index in [1.54, 1.807) is 0 Å². The van der Waals surface area contributed by atoms with Gasteiger partial charge in [-0.1, -0.05) is 31.0 Å². The van der Waals surface area contributed by atoms with Gasteiger partial charge < -0.3 is 0 Å². The average molecular weight is 272 g/mol. The Kier molecular flexibility index (Phi) is 5.01. The van der Waals surface area contributed by atoms with Crippen LogP contribution >= 0.6 is 0 Å². The maximum Gasteiger partial charge on any atom is 0.140 e. The highest BCUT2D eigenvalue weighted by atomic mass is 16.1. The molecule has 0 amide bonds. The van der Waals surface area contributed by atoms with Crippen molar-refractivity contribution >= 4 is 5.78 Å². The number of ketones is 1. The smallest absolute Gasteiger partial charge is 0.140 e. The fraction of sp³-hybridized carbons (Fsp3) is 0.632. The first-order chi connectivity index (χ1) is 9.51. The molecule has 1 aromatic rings. The lowest BCUT2D eigenvalue weighted by molar-refractivity contribution is -0.123. The van der Waals surface area contributed by atoms with Crippen LogP contribution in [0.1, 0.15) is 61.3 Å². The second-order valence-corrected chi connectivity index (χ2v) is 6.65. The number of hydrogen-bond donors (Lipinski definition) is 0. The van der Waals surface area contributed by atoms with Gasteiger partial charge in [0.2, 0.25) is 0 Å². The van der Waals surface area contributed by atoms with E-state index in [1.807, 2.05) is 0 Å². The van der Waals surface area contributed by atoms with Gasteiger partial charge in [-0.15, -0.1) is 0 Å². The molecule has 0 spiro atoms. The lowest BCUT2D eigenvalue weighted by Gasteiger charge is -2.27. The Morgan fingerprint density at radius 1 is 1.05 bits per heavy atom. The van der Waals surface area contributed by atoms with Crippen LogP contribution in [0.15, 0.2) is 12.1 Å². The van der Waals surface area contributed by atoms with Gasteiger partial charge in [0.1, 0.15) is 5.78 Å². The molecule has 1 aliphatic rings. The zero-order valence-electron chi connectivity index (χ0n) is 13.5. The van der Waals surface area contributed by atoms with E-state index in [4.69, 9.17) is 0 Å². The summed E-state index contributed by atoms with van der Waals surface area (Å²) in [6.07, 6.45) is 6.64. The maximum absolute atomic E-state index is 12.6. The van der Waals surface area contributed by atoms with Crippen LogP contribution in [0, 0.1) is 32.6 Å². The molecule has 1 nitrogen and oxygen atoms in total. The maximum atomic E-state index is 12.6. The first-order valence-electron chi connectivity index (χ1n) is 8.10. The highest BCUT2D eigenvalue weighted by Crippen LogP contribution is 2.32. The van der Waals surface area contributed by atoms with Crippen LogP contribution < -0.4 is 0 Å². The van der Waals surface area contributed by atoms with Crippen LogP contribution in [0.25, 0.3) is 0 Å². The quantitative estimate of drug-likeness (QED) is 0.758. The first kappa shape index (κ1) is 15.3. The number of aryl methyl sites for hydroxylation is 3. The molecule has 1 aromatic carbocycles. The molecule has 0 bridgehead atoms. The fourth-order valence-corrected chi connectivity index (χ4v) is 3.70. The molecule has 1 heteroatoms. The van der Waals surface area contributed by atoms with Crippen LogP contribution in [-0.4, -0.2) is 5.78 Å². The van der Waals surface area contributed by atoms with Gasteiger partial charge in [0.25, 0.3) is 0 Å². The minimum absolute atomic E-state index is 0.318. The molecule has 0 saturated heterocycles.